The van der Waals surface area contributed by atoms with E-state index < -0.39 is 0 Å². The summed E-state index contributed by atoms with van der Waals surface area (Å²) >= 11 is 0. The number of carbonyl (C=O) groups excluding carboxylic acids is 1. The third-order valence-corrected chi connectivity index (χ3v) is 4.45. The monoisotopic (exact) mass is 337 g/mol. The summed E-state index contributed by atoms with van der Waals surface area (Å²) in [5, 5.41) is 7.17. The predicted octanol–water partition coefficient (Wildman–Crippen LogP) is 2.98. The van der Waals surface area contributed by atoms with E-state index in [2.05, 4.69) is 20.2 Å². The molecule has 0 aliphatic carbocycles. The summed E-state index contributed by atoms with van der Waals surface area (Å²) in [5.41, 5.74) is 2.94. The van der Waals surface area contributed by atoms with E-state index in [1.54, 1.807) is 29.4 Å². The molecule has 0 bridgehead atoms. The molecular formula is C18H16FN5O. The molecule has 0 spiro atoms. The van der Waals surface area contributed by atoms with Crippen molar-refractivity contribution >= 4 is 5.91 Å². The zero-order valence-corrected chi connectivity index (χ0v) is 13.4. The molecule has 25 heavy (non-hydrogen) atoms. The molecule has 0 radical (unpaired) electrons. The lowest BCUT2D eigenvalue weighted by molar-refractivity contribution is 0.0727. The highest BCUT2D eigenvalue weighted by Gasteiger charge is 2.33. The Hall–Kier alpha value is -3.09. The third kappa shape index (κ3) is 2.88. The number of hydrogen-bond acceptors (Lipinski definition) is 4. The van der Waals surface area contributed by atoms with Crippen molar-refractivity contribution < 1.29 is 9.18 Å². The number of benzene rings is 1. The van der Waals surface area contributed by atoms with Crippen LogP contribution in [0.3, 0.4) is 0 Å². The molecule has 1 atom stereocenters. The van der Waals surface area contributed by atoms with Crippen LogP contribution in [0.2, 0.25) is 0 Å². The highest BCUT2D eigenvalue weighted by molar-refractivity contribution is 5.92. The van der Waals surface area contributed by atoms with Crippen molar-refractivity contribution in [3.05, 3.63) is 66.3 Å². The lowest BCUT2D eigenvalue weighted by Gasteiger charge is -2.24. The van der Waals surface area contributed by atoms with E-state index >= 15 is 0 Å². The highest BCUT2D eigenvalue weighted by atomic mass is 19.1. The molecule has 4 rings (SSSR count). The van der Waals surface area contributed by atoms with E-state index in [1.807, 2.05) is 0 Å². The van der Waals surface area contributed by atoms with Crippen molar-refractivity contribution in [2.45, 2.75) is 18.9 Å². The number of aromatic nitrogens is 4. The van der Waals surface area contributed by atoms with Crippen LogP contribution < -0.4 is 0 Å². The van der Waals surface area contributed by atoms with Crippen LogP contribution in [0, 0.1) is 5.82 Å². The van der Waals surface area contributed by atoms with E-state index in [9.17, 15) is 9.18 Å². The fraction of sp³-hybridized carbons (Fsp3) is 0.222. The standard InChI is InChI=1S/C18H16FN5O/c19-13-5-3-12(4-6-13)14-10-22-23-17(14)16-2-1-9-24(16)18(25)15-11-20-7-8-21-15/h3-8,10-11,16H,1-2,9H2,(H,22,23). The van der Waals surface area contributed by atoms with Crippen LogP contribution in [0.1, 0.15) is 35.1 Å². The van der Waals surface area contributed by atoms with Crippen LogP contribution in [-0.2, 0) is 0 Å². The van der Waals surface area contributed by atoms with Gasteiger partial charge in [0.2, 0.25) is 0 Å². The normalized spacial score (nSPS) is 17.0. The molecule has 7 heteroatoms. The summed E-state index contributed by atoms with van der Waals surface area (Å²) in [5.74, 6) is -0.427. The van der Waals surface area contributed by atoms with Crippen LogP contribution in [0.15, 0.2) is 49.1 Å². The predicted molar refractivity (Wildman–Crippen MR) is 89.0 cm³/mol. The van der Waals surface area contributed by atoms with Gasteiger partial charge in [0.05, 0.1) is 24.1 Å². The van der Waals surface area contributed by atoms with E-state index in [0.717, 1.165) is 29.7 Å². The minimum atomic E-state index is -0.283. The van der Waals surface area contributed by atoms with Crippen molar-refractivity contribution in [2.75, 3.05) is 6.54 Å². The van der Waals surface area contributed by atoms with Gasteiger partial charge in [0, 0.05) is 24.5 Å². The number of halogens is 1. The van der Waals surface area contributed by atoms with E-state index in [-0.39, 0.29) is 17.8 Å². The number of amides is 1. The Bertz CT molecular complexity index is 878. The number of carbonyl (C=O) groups is 1. The number of nitrogens with zero attached hydrogens (tertiary/aromatic N) is 4. The van der Waals surface area contributed by atoms with Crippen LogP contribution in [-0.4, -0.2) is 37.5 Å². The van der Waals surface area contributed by atoms with Gasteiger partial charge in [-0.15, -0.1) is 0 Å². The molecule has 3 aromatic rings. The van der Waals surface area contributed by atoms with Crippen molar-refractivity contribution in [1.29, 1.82) is 0 Å². The maximum Gasteiger partial charge on any atom is 0.274 e. The number of nitrogens with one attached hydrogen (secondary N) is 1. The Morgan fingerprint density at radius 2 is 2.04 bits per heavy atom. The summed E-state index contributed by atoms with van der Waals surface area (Å²) in [6.07, 6.45) is 7.98. The topological polar surface area (TPSA) is 74.8 Å². The molecule has 1 aliphatic heterocycles. The van der Waals surface area contributed by atoms with Gasteiger partial charge in [-0.2, -0.15) is 5.10 Å². The minimum Gasteiger partial charge on any atom is -0.329 e. The summed E-state index contributed by atoms with van der Waals surface area (Å²) < 4.78 is 13.2. The van der Waals surface area contributed by atoms with E-state index in [1.165, 1.54) is 24.5 Å². The van der Waals surface area contributed by atoms with Crippen LogP contribution >= 0.6 is 0 Å². The molecule has 2 aromatic heterocycles. The zero-order chi connectivity index (χ0) is 17.2. The average molecular weight is 337 g/mol. The first-order valence-electron chi connectivity index (χ1n) is 8.10. The van der Waals surface area contributed by atoms with Crippen molar-refractivity contribution in [3.63, 3.8) is 0 Å². The van der Waals surface area contributed by atoms with Gasteiger partial charge in [-0.3, -0.25) is 14.9 Å². The first kappa shape index (κ1) is 15.4. The molecule has 1 aliphatic rings. The second kappa shape index (κ2) is 6.43. The van der Waals surface area contributed by atoms with Gasteiger partial charge in [-0.1, -0.05) is 12.1 Å². The van der Waals surface area contributed by atoms with Crippen LogP contribution in [0.5, 0.6) is 0 Å². The number of hydrogen-bond donors (Lipinski definition) is 1. The molecule has 1 saturated heterocycles. The fourth-order valence-electron chi connectivity index (χ4n) is 3.28. The number of H-pyrrole nitrogens is 1. The Kier molecular flexibility index (Phi) is 3.97. The molecule has 1 aromatic carbocycles. The molecule has 3 heterocycles. The molecule has 0 saturated carbocycles. The lowest BCUT2D eigenvalue weighted by Crippen LogP contribution is -2.31. The summed E-state index contributed by atoms with van der Waals surface area (Å²) in [4.78, 5) is 22.7. The van der Waals surface area contributed by atoms with Gasteiger partial charge in [-0.05, 0) is 30.5 Å². The Labute approximate surface area is 143 Å². The van der Waals surface area contributed by atoms with Gasteiger partial charge >= 0.3 is 0 Å². The van der Waals surface area contributed by atoms with Gasteiger partial charge in [-0.25, -0.2) is 9.37 Å². The zero-order valence-electron chi connectivity index (χ0n) is 13.4. The van der Waals surface area contributed by atoms with Crippen molar-refractivity contribution in [1.82, 2.24) is 25.1 Å². The van der Waals surface area contributed by atoms with E-state index in [0.29, 0.717) is 12.2 Å². The Morgan fingerprint density at radius 3 is 2.80 bits per heavy atom. The SMILES string of the molecule is O=C(c1cnccn1)N1CCCC1c1[nH]ncc1-c1ccc(F)cc1. The number of aromatic amines is 1. The lowest BCUT2D eigenvalue weighted by atomic mass is 10.0. The maximum absolute atomic E-state index is 13.2. The maximum atomic E-state index is 13.2. The van der Waals surface area contributed by atoms with E-state index in [4.69, 9.17) is 0 Å². The largest absolute Gasteiger partial charge is 0.329 e. The molecule has 1 fully saturated rings. The van der Waals surface area contributed by atoms with Gasteiger partial charge < -0.3 is 4.90 Å². The Morgan fingerprint density at radius 1 is 1.20 bits per heavy atom. The molecule has 126 valence electrons. The van der Waals surface area contributed by atoms with Gasteiger partial charge in [0.15, 0.2) is 0 Å². The first-order valence-corrected chi connectivity index (χ1v) is 8.10. The fourth-order valence-corrected chi connectivity index (χ4v) is 3.28. The Balaban J connectivity index is 1.67. The quantitative estimate of drug-likeness (QED) is 0.797. The molecule has 1 unspecified atom stereocenters. The second-order valence-electron chi connectivity index (χ2n) is 5.95. The molecule has 1 N–H and O–H groups in total. The number of likely N-dealkylation sites (tertiary alicyclic amines) is 1. The molecule has 6 nitrogen and oxygen atoms in total. The van der Waals surface area contributed by atoms with Crippen LogP contribution in [0.25, 0.3) is 11.1 Å². The second-order valence-corrected chi connectivity index (χ2v) is 5.95. The summed E-state index contributed by atoms with van der Waals surface area (Å²) in [6, 6.07) is 6.16. The molecular weight excluding hydrogens is 321 g/mol. The van der Waals surface area contributed by atoms with Crippen molar-refractivity contribution in [3.8, 4) is 11.1 Å². The average Bonchev–Trinajstić information content (AvgIpc) is 3.31. The summed E-state index contributed by atoms with van der Waals surface area (Å²) in [7, 11) is 0. The smallest absolute Gasteiger partial charge is 0.274 e. The minimum absolute atomic E-state index is 0.114. The van der Waals surface area contributed by atoms with Crippen molar-refractivity contribution in [2.24, 2.45) is 0 Å². The first-order chi connectivity index (χ1) is 12.2. The van der Waals surface area contributed by atoms with Gasteiger partial charge in [0.1, 0.15) is 11.5 Å². The molecule has 1 amide bonds. The highest BCUT2D eigenvalue weighted by Crippen LogP contribution is 2.37. The summed E-state index contributed by atoms with van der Waals surface area (Å²) in [6.45, 7) is 0.655. The third-order valence-electron chi connectivity index (χ3n) is 4.45. The van der Waals surface area contributed by atoms with Gasteiger partial charge in [0.25, 0.3) is 5.91 Å². The number of rotatable bonds is 3. The van der Waals surface area contributed by atoms with Crippen LogP contribution in [0.4, 0.5) is 4.39 Å².